The first kappa shape index (κ1) is 14.4. The van der Waals surface area contributed by atoms with Gasteiger partial charge in [0.05, 0.1) is 12.0 Å². The Kier molecular flexibility index (Phi) is 4.07. The number of hydrogen-bond acceptors (Lipinski definition) is 1. The van der Waals surface area contributed by atoms with Gasteiger partial charge in [-0.15, -0.1) is 11.6 Å². The molecule has 2 aromatic carbocycles. The quantitative estimate of drug-likeness (QED) is 0.574. The fourth-order valence-corrected chi connectivity index (χ4v) is 3.56. The highest BCUT2D eigenvalue weighted by molar-refractivity contribution is 9.10. The Morgan fingerprint density at radius 1 is 1.10 bits per heavy atom. The second kappa shape index (κ2) is 5.66. The molecule has 1 nitrogen and oxygen atoms in total. The number of ether oxygens (including phenoxy) is 1. The molecule has 104 valence electrons. The van der Waals surface area contributed by atoms with Crippen molar-refractivity contribution in [2.24, 2.45) is 0 Å². The monoisotopic (exact) mass is 418 g/mol. The van der Waals surface area contributed by atoms with E-state index in [0.29, 0.717) is 16.6 Å². The second-order valence-corrected chi connectivity index (χ2v) is 6.88. The minimum atomic E-state index is -0.576. The van der Waals surface area contributed by atoms with Crippen molar-refractivity contribution in [1.82, 2.24) is 0 Å². The average molecular weight is 421 g/mol. The third-order valence-corrected chi connectivity index (χ3v) is 4.71. The van der Waals surface area contributed by atoms with Gasteiger partial charge in [-0.25, -0.2) is 4.39 Å². The molecule has 1 aliphatic rings. The summed E-state index contributed by atoms with van der Waals surface area (Å²) >= 11 is 13.2. The van der Waals surface area contributed by atoms with E-state index in [4.69, 9.17) is 16.3 Å². The predicted molar refractivity (Wildman–Crippen MR) is 85.1 cm³/mol. The molecule has 0 saturated carbocycles. The lowest BCUT2D eigenvalue weighted by Gasteiger charge is -2.15. The largest absolute Gasteiger partial charge is 0.493 e. The molecule has 5 heteroatoms. The zero-order valence-electron chi connectivity index (χ0n) is 10.3. The van der Waals surface area contributed by atoms with E-state index in [9.17, 15) is 4.39 Å². The highest BCUT2D eigenvalue weighted by Crippen LogP contribution is 2.42. The van der Waals surface area contributed by atoms with Crippen LogP contribution in [-0.2, 0) is 6.42 Å². The van der Waals surface area contributed by atoms with Gasteiger partial charge in [0, 0.05) is 26.5 Å². The molecular formula is C15H10Br2ClFO. The lowest BCUT2D eigenvalue weighted by Crippen LogP contribution is -2.00. The van der Waals surface area contributed by atoms with Crippen LogP contribution in [0.25, 0.3) is 0 Å². The Morgan fingerprint density at radius 3 is 2.65 bits per heavy atom. The fourth-order valence-electron chi connectivity index (χ4n) is 2.36. The molecule has 0 fully saturated rings. The van der Waals surface area contributed by atoms with Gasteiger partial charge in [-0.05, 0) is 29.8 Å². The van der Waals surface area contributed by atoms with Gasteiger partial charge in [-0.2, -0.15) is 0 Å². The molecule has 20 heavy (non-hydrogen) atoms. The molecule has 0 spiro atoms. The van der Waals surface area contributed by atoms with E-state index in [1.807, 2.05) is 12.1 Å². The van der Waals surface area contributed by atoms with Crippen LogP contribution < -0.4 is 4.74 Å². The summed E-state index contributed by atoms with van der Waals surface area (Å²) < 4.78 is 21.3. The molecule has 0 radical (unpaired) electrons. The second-order valence-electron chi connectivity index (χ2n) is 4.61. The Labute approximate surface area is 138 Å². The van der Waals surface area contributed by atoms with Gasteiger partial charge in [-0.1, -0.05) is 37.9 Å². The lowest BCUT2D eigenvalue weighted by molar-refractivity contribution is 0.353. The van der Waals surface area contributed by atoms with E-state index in [-0.39, 0.29) is 5.82 Å². The molecule has 1 heterocycles. The van der Waals surface area contributed by atoms with Gasteiger partial charge in [-0.3, -0.25) is 0 Å². The van der Waals surface area contributed by atoms with Crippen LogP contribution in [0.2, 0.25) is 0 Å². The molecule has 1 atom stereocenters. The standard InChI is InChI=1S/C15H10Br2ClFO/c16-9-1-2-11(13(19)7-9)14(18)12-6-10(17)5-8-3-4-20-15(8)12/h1-2,5-7,14H,3-4H2. The first-order valence-corrected chi connectivity index (χ1v) is 8.12. The number of rotatable bonds is 2. The molecule has 3 rings (SSSR count). The lowest BCUT2D eigenvalue weighted by atomic mass is 10.0. The van der Waals surface area contributed by atoms with E-state index >= 15 is 0 Å². The van der Waals surface area contributed by atoms with E-state index in [1.165, 1.54) is 6.07 Å². The number of benzene rings is 2. The van der Waals surface area contributed by atoms with Gasteiger partial charge >= 0.3 is 0 Å². The summed E-state index contributed by atoms with van der Waals surface area (Å²) in [5.74, 6) is 0.460. The Bertz CT molecular complexity index is 675. The summed E-state index contributed by atoms with van der Waals surface area (Å²) in [6.45, 7) is 0.644. The first-order valence-electron chi connectivity index (χ1n) is 6.10. The van der Waals surface area contributed by atoms with Crippen LogP contribution in [0.3, 0.4) is 0 Å². The average Bonchev–Trinajstić information content (AvgIpc) is 2.85. The van der Waals surface area contributed by atoms with Crippen LogP contribution in [0, 0.1) is 5.82 Å². The number of fused-ring (bicyclic) bond motifs is 1. The molecule has 0 aromatic heterocycles. The van der Waals surface area contributed by atoms with Crippen molar-refractivity contribution in [3.63, 3.8) is 0 Å². The number of alkyl halides is 1. The van der Waals surface area contributed by atoms with Crippen molar-refractivity contribution in [1.29, 1.82) is 0 Å². The summed E-state index contributed by atoms with van der Waals surface area (Å²) in [6.07, 6.45) is 0.855. The van der Waals surface area contributed by atoms with Crippen LogP contribution in [0.4, 0.5) is 4.39 Å². The van der Waals surface area contributed by atoms with Crippen molar-refractivity contribution in [3.8, 4) is 5.75 Å². The van der Waals surface area contributed by atoms with Crippen molar-refractivity contribution < 1.29 is 9.13 Å². The molecule has 0 N–H and O–H groups in total. The van der Waals surface area contributed by atoms with E-state index in [2.05, 4.69) is 31.9 Å². The molecule has 0 saturated heterocycles. The van der Waals surface area contributed by atoms with E-state index in [0.717, 1.165) is 27.8 Å². The highest BCUT2D eigenvalue weighted by atomic mass is 79.9. The Morgan fingerprint density at radius 2 is 1.90 bits per heavy atom. The van der Waals surface area contributed by atoms with Gasteiger partial charge in [0.1, 0.15) is 11.6 Å². The number of halogens is 4. The minimum absolute atomic E-state index is 0.328. The van der Waals surface area contributed by atoms with E-state index in [1.54, 1.807) is 12.1 Å². The molecular weight excluding hydrogens is 410 g/mol. The van der Waals surface area contributed by atoms with Crippen LogP contribution >= 0.6 is 43.5 Å². The zero-order valence-corrected chi connectivity index (χ0v) is 14.2. The normalized spacial score (nSPS) is 14.8. The summed E-state index contributed by atoms with van der Waals surface area (Å²) in [5.41, 5.74) is 2.36. The van der Waals surface area contributed by atoms with Crippen molar-refractivity contribution >= 4 is 43.5 Å². The molecule has 0 bridgehead atoms. The molecule has 0 amide bonds. The summed E-state index contributed by atoms with van der Waals surface area (Å²) in [7, 11) is 0. The fraction of sp³-hybridized carbons (Fsp3) is 0.200. The summed E-state index contributed by atoms with van der Waals surface area (Å²) in [6, 6.07) is 8.81. The zero-order chi connectivity index (χ0) is 14.3. The van der Waals surface area contributed by atoms with Crippen LogP contribution in [0.5, 0.6) is 5.75 Å². The third-order valence-electron chi connectivity index (χ3n) is 3.29. The smallest absolute Gasteiger partial charge is 0.129 e. The van der Waals surface area contributed by atoms with Crippen LogP contribution in [-0.4, -0.2) is 6.61 Å². The van der Waals surface area contributed by atoms with Crippen LogP contribution in [0.15, 0.2) is 39.3 Å². The SMILES string of the molecule is Fc1cc(Br)ccc1C(Cl)c1cc(Br)cc2c1OCC2. The molecule has 0 aliphatic carbocycles. The number of hydrogen-bond donors (Lipinski definition) is 0. The molecule has 1 unspecified atom stereocenters. The Balaban J connectivity index is 2.09. The summed E-state index contributed by atoms with van der Waals surface area (Å²) in [4.78, 5) is 0. The maximum absolute atomic E-state index is 14.1. The highest BCUT2D eigenvalue weighted by Gasteiger charge is 2.24. The molecule has 1 aliphatic heterocycles. The van der Waals surface area contributed by atoms with E-state index < -0.39 is 5.38 Å². The van der Waals surface area contributed by atoms with Gasteiger partial charge in [0.2, 0.25) is 0 Å². The Hall–Kier alpha value is -0.580. The van der Waals surface area contributed by atoms with Crippen molar-refractivity contribution in [2.45, 2.75) is 11.8 Å². The summed E-state index contributed by atoms with van der Waals surface area (Å²) in [5, 5.41) is -0.576. The first-order chi connectivity index (χ1) is 9.56. The maximum Gasteiger partial charge on any atom is 0.129 e. The topological polar surface area (TPSA) is 9.23 Å². The molecule has 2 aromatic rings. The van der Waals surface area contributed by atoms with Crippen molar-refractivity contribution in [2.75, 3.05) is 6.61 Å². The van der Waals surface area contributed by atoms with Crippen LogP contribution in [0.1, 0.15) is 22.1 Å². The van der Waals surface area contributed by atoms with Gasteiger partial charge < -0.3 is 4.74 Å². The third kappa shape index (κ3) is 2.61. The minimum Gasteiger partial charge on any atom is -0.493 e. The van der Waals surface area contributed by atoms with Crippen molar-refractivity contribution in [3.05, 3.63) is 61.8 Å². The van der Waals surface area contributed by atoms with Gasteiger partial charge in [0.25, 0.3) is 0 Å². The van der Waals surface area contributed by atoms with Gasteiger partial charge in [0.15, 0.2) is 0 Å². The predicted octanol–water partition coefficient (Wildman–Crippen LogP) is 5.61. The maximum atomic E-state index is 14.1.